The molecular weight excluding hydrogens is 313 g/mol. The van der Waals surface area contributed by atoms with Crippen LogP contribution in [0.4, 0.5) is 14.9 Å². The van der Waals surface area contributed by atoms with E-state index in [9.17, 15) is 9.18 Å². The van der Waals surface area contributed by atoms with Crippen LogP contribution in [0.5, 0.6) is 0 Å². The Balaban J connectivity index is 1.52. The number of hydrogen-bond donors (Lipinski definition) is 2. The number of aromatic nitrogens is 3. The molecular formula is C16H18FN5O2. The normalized spacial score (nSPS) is 19.2. The molecule has 0 aromatic carbocycles. The number of pyridine rings is 1. The monoisotopic (exact) mass is 331 g/mol. The van der Waals surface area contributed by atoms with Crippen molar-refractivity contribution in [2.45, 2.75) is 50.0 Å². The van der Waals surface area contributed by atoms with Gasteiger partial charge in [-0.1, -0.05) is 18.0 Å². The van der Waals surface area contributed by atoms with E-state index < -0.39 is 17.4 Å². The molecule has 2 aliphatic carbocycles. The van der Waals surface area contributed by atoms with Crippen LogP contribution in [-0.4, -0.2) is 21.2 Å². The lowest BCUT2D eigenvalue weighted by Crippen LogP contribution is -2.46. The Kier molecular flexibility index (Phi) is 3.66. The van der Waals surface area contributed by atoms with Gasteiger partial charge >= 0.3 is 6.03 Å². The lowest BCUT2D eigenvalue weighted by molar-refractivity contribution is 0.232. The van der Waals surface area contributed by atoms with Gasteiger partial charge in [0.05, 0.1) is 11.9 Å². The van der Waals surface area contributed by atoms with Crippen LogP contribution in [-0.2, 0) is 5.54 Å². The summed E-state index contributed by atoms with van der Waals surface area (Å²) in [5, 5.41) is 9.55. The summed E-state index contributed by atoms with van der Waals surface area (Å²) in [4.78, 5) is 20.5. The Bertz CT molecular complexity index is 752. The van der Waals surface area contributed by atoms with Crippen molar-refractivity contribution in [3.63, 3.8) is 0 Å². The van der Waals surface area contributed by atoms with Gasteiger partial charge in [0.2, 0.25) is 5.89 Å². The molecule has 2 aromatic heterocycles. The van der Waals surface area contributed by atoms with E-state index in [4.69, 9.17) is 4.52 Å². The zero-order chi connectivity index (χ0) is 16.6. The van der Waals surface area contributed by atoms with Crippen LogP contribution < -0.4 is 10.6 Å². The van der Waals surface area contributed by atoms with E-state index in [2.05, 4.69) is 25.8 Å². The molecule has 24 heavy (non-hydrogen) atoms. The molecule has 0 radical (unpaired) electrons. The number of nitrogens with one attached hydrogen (secondary N) is 2. The largest absolute Gasteiger partial charge is 0.339 e. The van der Waals surface area contributed by atoms with Crippen LogP contribution in [0, 0.1) is 5.82 Å². The molecule has 2 amide bonds. The van der Waals surface area contributed by atoms with Gasteiger partial charge in [0, 0.05) is 12.1 Å². The van der Waals surface area contributed by atoms with E-state index in [1.54, 1.807) is 0 Å². The van der Waals surface area contributed by atoms with Crippen molar-refractivity contribution in [2.24, 2.45) is 0 Å². The standard InChI is InChI=1S/C16H18FN5O2/c17-11-9-18-8-5-12(11)19-15(23)21-16(6-1-2-7-16)14-20-13(24-22-14)10-3-4-10/h5,8-10H,1-4,6-7H2,(H2,18,19,21,23). The molecule has 0 saturated heterocycles. The number of amides is 2. The molecule has 2 N–H and O–H groups in total. The second-order valence-electron chi connectivity index (χ2n) is 6.45. The summed E-state index contributed by atoms with van der Waals surface area (Å²) >= 11 is 0. The third kappa shape index (κ3) is 2.83. The van der Waals surface area contributed by atoms with E-state index in [-0.39, 0.29) is 5.69 Å². The van der Waals surface area contributed by atoms with Crippen LogP contribution in [0.2, 0.25) is 0 Å². The third-order valence-electron chi connectivity index (χ3n) is 4.63. The highest BCUT2D eigenvalue weighted by Crippen LogP contribution is 2.42. The Labute approximate surface area is 138 Å². The minimum absolute atomic E-state index is 0.0856. The molecule has 0 unspecified atom stereocenters. The highest BCUT2D eigenvalue weighted by Gasteiger charge is 2.42. The SMILES string of the molecule is O=C(Nc1ccncc1F)NC1(c2noc(C3CC3)n2)CCCC1. The predicted molar refractivity (Wildman–Crippen MR) is 82.8 cm³/mol. The van der Waals surface area contributed by atoms with Gasteiger partial charge in [-0.25, -0.2) is 9.18 Å². The second kappa shape index (κ2) is 5.85. The summed E-state index contributed by atoms with van der Waals surface area (Å²) in [7, 11) is 0. The lowest BCUT2D eigenvalue weighted by Gasteiger charge is -2.26. The molecule has 7 nitrogen and oxygen atoms in total. The minimum Gasteiger partial charge on any atom is -0.339 e. The van der Waals surface area contributed by atoms with Gasteiger partial charge in [-0.2, -0.15) is 4.98 Å². The maximum Gasteiger partial charge on any atom is 0.320 e. The fourth-order valence-corrected chi connectivity index (χ4v) is 3.16. The van der Waals surface area contributed by atoms with Crippen molar-refractivity contribution in [1.29, 1.82) is 0 Å². The van der Waals surface area contributed by atoms with Crippen molar-refractivity contribution in [3.8, 4) is 0 Å². The van der Waals surface area contributed by atoms with Gasteiger partial charge in [0.25, 0.3) is 0 Å². The Morgan fingerprint density at radius 2 is 2.12 bits per heavy atom. The molecule has 0 aliphatic heterocycles. The number of rotatable bonds is 4. The molecule has 0 bridgehead atoms. The van der Waals surface area contributed by atoms with Crippen molar-refractivity contribution in [2.75, 3.05) is 5.32 Å². The number of anilines is 1. The van der Waals surface area contributed by atoms with Crippen LogP contribution in [0.25, 0.3) is 0 Å². The number of halogens is 1. The molecule has 2 heterocycles. The van der Waals surface area contributed by atoms with E-state index >= 15 is 0 Å². The van der Waals surface area contributed by atoms with Gasteiger partial charge in [-0.15, -0.1) is 0 Å². The molecule has 2 fully saturated rings. The van der Waals surface area contributed by atoms with Crippen LogP contribution in [0.3, 0.4) is 0 Å². The summed E-state index contributed by atoms with van der Waals surface area (Å²) in [6, 6.07) is 0.926. The predicted octanol–water partition coefficient (Wildman–Crippen LogP) is 3.07. The van der Waals surface area contributed by atoms with Gasteiger partial charge in [-0.05, 0) is 31.7 Å². The second-order valence-corrected chi connectivity index (χ2v) is 6.45. The number of carbonyl (C=O) groups excluding carboxylic acids is 1. The average molecular weight is 331 g/mol. The third-order valence-corrected chi connectivity index (χ3v) is 4.63. The zero-order valence-corrected chi connectivity index (χ0v) is 13.1. The number of carbonyl (C=O) groups is 1. The highest BCUT2D eigenvalue weighted by atomic mass is 19.1. The smallest absolute Gasteiger partial charge is 0.320 e. The first kappa shape index (κ1) is 15.0. The quantitative estimate of drug-likeness (QED) is 0.898. The van der Waals surface area contributed by atoms with Crippen LogP contribution in [0.1, 0.15) is 56.2 Å². The zero-order valence-electron chi connectivity index (χ0n) is 13.1. The molecule has 0 atom stereocenters. The molecule has 2 saturated carbocycles. The Hall–Kier alpha value is -2.51. The van der Waals surface area contributed by atoms with Gasteiger partial charge < -0.3 is 15.2 Å². The van der Waals surface area contributed by atoms with E-state index in [1.165, 1.54) is 12.3 Å². The average Bonchev–Trinajstić information content (AvgIpc) is 3.10. The number of hydrogen-bond acceptors (Lipinski definition) is 5. The summed E-state index contributed by atoms with van der Waals surface area (Å²) < 4.78 is 19.0. The number of nitrogens with zero attached hydrogens (tertiary/aromatic N) is 3. The molecule has 2 aromatic rings. The maximum absolute atomic E-state index is 13.6. The Morgan fingerprint density at radius 3 is 2.83 bits per heavy atom. The van der Waals surface area contributed by atoms with Gasteiger partial charge in [0.1, 0.15) is 5.54 Å². The summed E-state index contributed by atoms with van der Waals surface area (Å²) in [6.45, 7) is 0. The van der Waals surface area contributed by atoms with Gasteiger partial charge in [0.15, 0.2) is 11.6 Å². The topological polar surface area (TPSA) is 92.9 Å². The van der Waals surface area contributed by atoms with Crippen molar-refractivity contribution >= 4 is 11.7 Å². The highest BCUT2D eigenvalue weighted by molar-refractivity contribution is 5.89. The summed E-state index contributed by atoms with van der Waals surface area (Å²) in [6.07, 6.45) is 8.04. The summed E-state index contributed by atoms with van der Waals surface area (Å²) in [5.74, 6) is 0.957. The van der Waals surface area contributed by atoms with Crippen molar-refractivity contribution in [3.05, 3.63) is 36.0 Å². The van der Waals surface area contributed by atoms with E-state index in [0.29, 0.717) is 17.6 Å². The summed E-state index contributed by atoms with van der Waals surface area (Å²) in [5.41, 5.74) is -0.563. The van der Waals surface area contributed by atoms with Crippen LogP contribution in [0.15, 0.2) is 23.0 Å². The Morgan fingerprint density at radius 1 is 1.33 bits per heavy atom. The molecule has 4 rings (SSSR count). The van der Waals surface area contributed by atoms with E-state index in [1.807, 2.05) is 0 Å². The molecule has 8 heteroatoms. The maximum atomic E-state index is 13.6. The molecule has 126 valence electrons. The first-order valence-electron chi connectivity index (χ1n) is 8.19. The first-order chi connectivity index (χ1) is 11.7. The van der Waals surface area contributed by atoms with Crippen LogP contribution >= 0.6 is 0 Å². The molecule has 2 aliphatic rings. The lowest BCUT2D eigenvalue weighted by atomic mass is 9.97. The fraction of sp³-hybridized carbons (Fsp3) is 0.500. The van der Waals surface area contributed by atoms with Gasteiger partial charge in [-0.3, -0.25) is 4.98 Å². The first-order valence-corrected chi connectivity index (χ1v) is 8.19. The van der Waals surface area contributed by atoms with Crippen molar-refractivity contribution < 1.29 is 13.7 Å². The van der Waals surface area contributed by atoms with Crippen molar-refractivity contribution in [1.82, 2.24) is 20.4 Å². The fourth-order valence-electron chi connectivity index (χ4n) is 3.16. The number of urea groups is 1. The molecule has 0 spiro atoms. The van der Waals surface area contributed by atoms with E-state index in [0.717, 1.165) is 44.7 Å². The minimum atomic E-state index is -0.649.